The first kappa shape index (κ1) is 18.7. The second-order valence-electron chi connectivity index (χ2n) is 5.03. The summed E-state index contributed by atoms with van der Waals surface area (Å²) in [5.41, 5.74) is 9.18. The Labute approximate surface area is 149 Å². The summed E-state index contributed by atoms with van der Waals surface area (Å²) in [6.07, 6.45) is -0.108. The van der Waals surface area contributed by atoms with Crippen LogP contribution in [-0.4, -0.2) is 23.7 Å². The van der Waals surface area contributed by atoms with Crippen molar-refractivity contribution in [2.75, 3.05) is 5.32 Å². The van der Waals surface area contributed by atoms with E-state index in [1.165, 1.54) is 25.1 Å². The van der Waals surface area contributed by atoms with Crippen molar-refractivity contribution < 1.29 is 13.6 Å². The van der Waals surface area contributed by atoms with Crippen LogP contribution in [0.1, 0.15) is 5.56 Å². The number of carbonyl (C=O) groups is 1. The highest BCUT2D eigenvalue weighted by molar-refractivity contribution is 7.80. The van der Waals surface area contributed by atoms with Gasteiger partial charge in [0, 0.05) is 16.1 Å². The van der Waals surface area contributed by atoms with Gasteiger partial charge in [-0.2, -0.15) is 0 Å². The van der Waals surface area contributed by atoms with Gasteiger partial charge in [-0.05, 0) is 43.3 Å². The standard InChI is InChI=1S/C9H11N5OS.C7H6F2/c10-8-12-9(13-14(8)5-15)11-6-1-3-7(16)4-2-6;1-5-6(8)3-2-4-7(5)9/h1-5,8,16H,10H2,(H2,11,12,13);2-4H,1H3. The lowest BCUT2D eigenvalue weighted by Crippen LogP contribution is -2.45. The number of amides is 1. The lowest BCUT2D eigenvalue weighted by molar-refractivity contribution is -0.121. The molecular formula is C16H17F2N5OS. The van der Waals surface area contributed by atoms with E-state index in [9.17, 15) is 13.6 Å². The minimum atomic E-state index is -0.691. The van der Waals surface area contributed by atoms with Crippen LogP contribution in [0.15, 0.2) is 52.4 Å². The molecule has 2 aromatic carbocycles. The SMILES string of the molecule is Cc1c(F)cccc1F.NC1N=C(Nc2ccc(S)cc2)NN1C=O. The zero-order valence-corrected chi connectivity index (χ0v) is 14.2. The Morgan fingerprint density at radius 2 is 1.84 bits per heavy atom. The van der Waals surface area contributed by atoms with Crippen molar-refractivity contribution in [3.63, 3.8) is 0 Å². The second-order valence-corrected chi connectivity index (χ2v) is 5.55. The molecule has 0 aliphatic carbocycles. The Bertz CT molecular complexity index is 749. The number of hydrazine groups is 1. The van der Waals surface area contributed by atoms with Crippen molar-refractivity contribution in [3.05, 3.63) is 59.7 Å². The second kappa shape index (κ2) is 8.45. The molecule has 9 heteroatoms. The highest BCUT2D eigenvalue weighted by Crippen LogP contribution is 2.12. The molecular weight excluding hydrogens is 348 g/mol. The van der Waals surface area contributed by atoms with Gasteiger partial charge in [-0.1, -0.05) is 6.07 Å². The summed E-state index contributed by atoms with van der Waals surface area (Å²) in [7, 11) is 0. The number of guanidine groups is 1. The maximum Gasteiger partial charge on any atom is 0.231 e. The van der Waals surface area contributed by atoms with E-state index in [4.69, 9.17) is 5.73 Å². The minimum Gasteiger partial charge on any atom is -0.325 e. The predicted octanol–water partition coefficient (Wildman–Crippen LogP) is 2.24. The molecule has 25 heavy (non-hydrogen) atoms. The third kappa shape index (κ3) is 5.16. The van der Waals surface area contributed by atoms with Gasteiger partial charge in [0.05, 0.1) is 0 Å². The van der Waals surface area contributed by atoms with Gasteiger partial charge in [-0.15, -0.1) is 12.6 Å². The Kier molecular flexibility index (Phi) is 6.31. The van der Waals surface area contributed by atoms with Crippen molar-refractivity contribution in [2.45, 2.75) is 18.1 Å². The van der Waals surface area contributed by atoms with E-state index >= 15 is 0 Å². The normalized spacial score (nSPS) is 15.6. The molecule has 0 saturated carbocycles. The molecule has 2 aromatic rings. The maximum atomic E-state index is 12.3. The summed E-state index contributed by atoms with van der Waals surface area (Å²) in [5, 5.41) is 4.15. The fourth-order valence-corrected chi connectivity index (χ4v) is 1.97. The third-order valence-corrected chi connectivity index (χ3v) is 3.52. The lowest BCUT2D eigenvalue weighted by Gasteiger charge is -2.13. The number of rotatable bonds is 2. The van der Waals surface area contributed by atoms with Gasteiger partial charge < -0.3 is 5.32 Å². The Hall–Kier alpha value is -2.65. The van der Waals surface area contributed by atoms with Crippen LogP contribution in [0.2, 0.25) is 0 Å². The highest BCUT2D eigenvalue weighted by atomic mass is 32.1. The molecule has 3 rings (SSSR count). The number of halogens is 2. The number of benzene rings is 2. The van der Waals surface area contributed by atoms with Crippen LogP contribution >= 0.6 is 12.6 Å². The van der Waals surface area contributed by atoms with E-state index in [0.717, 1.165) is 15.6 Å². The van der Waals surface area contributed by atoms with E-state index in [0.29, 0.717) is 12.4 Å². The number of nitrogens with zero attached hydrogens (tertiary/aromatic N) is 2. The van der Waals surface area contributed by atoms with Crippen LogP contribution in [0.5, 0.6) is 0 Å². The topological polar surface area (TPSA) is 82.8 Å². The van der Waals surface area contributed by atoms with Crippen LogP contribution in [0.3, 0.4) is 0 Å². The molecule has 4 N–H and O–H groups in total. The van der Waals surface area contributed by atoms with E-state index in [1.54, 1.807) is 0 Å². The largest absolute Gasteiger partial charge is 0.325 e. The molecule has 6 nitrogen and oxygen atoms in total. The monoisotopic (exact) mass is 365 g/mol. The third-order valence-electron chi connectivity index (χ3n) is 3.23. The zero-order valence-electron chi connectivity index (χ0n) is 13.3. The molecule has 0 radical (unpaired) electrons. The Balaban J connectivity index is 0.000000212. The molecule has 1 unspecified atom stereocenters. The lowest BCUT2D eigenvalue weighted by atomic mass is 10.2. The number of hydrogen-bond acceptors (Lipinski definition) is 6. The summed E-state index contributed by atoms with van der Waals surface area (Å²) < 4.78 is 24.7. The number of carbonyl (C=O) groups excluding carboxylic acids is 1. The van der Waals surface area contributed by atoms with Gasteiger partial charge in [-0.25, -0.2) is 18.8 Å². The van der Waals surface area contributed by atoms with Gasteiger partial charge in [0.15, 0.2) is 6.29 Å². The van der Waals surface area contributed by atoms with Gasteiger partial charge in [0.1, 0.15) is 11.6 Å². The molecule has 1 heterocycles. The quantitative estimate of drug-likeness (QED) is 0.486. The highest BCUT2D eigenvalue weighted by Gasteiger charge is 2.20. The van der Waals surface area contributed by atoms with Crippen LogP contribution in [0.4, 0.5) is 14.5 Å². The first-order chi connectivity index (χ1) is 11.9. The zero-order chi connectivity index (χ0) is 18.4. The van der Waals surface area contributed by atoms with Crippen LogP contribution in [0, 0.1) is 18.6 Å². The van der Waals surface area contributed by atoms with E-state index < -0.39 is 17.9 Å². The van der Waals surface area contributed by atoms with Gasteiger partial charge in [0.25, 0.3) is 0 Å². The van der Waals surface area contributed by atoms with Crippen molar-refractivity contribution in [1.29, 1.82) is 0 Å². The van der Waals surface area contributed by atoms with Crippen molar-refractivity contribution in [1.82, 2.24) is 10.4 Å². The predicted molar refractivity (Wildman–Crippen MR) is 94.9 cm³/mol. The number of nitrogens with one attached hydrogen (secondary N) is 2. The Morgan fingerprint density at radius 1 is 1.24 bits per heavy atom. The summed E-state index contributed by atoms with van der Waals surface area (Å²) in [4.78, 5) is 15.4. The average molecular weight is 365 g/mol. The maximum absolute atomic E-state index is 12.3. The molecule has 1 amide bonds. The van der Waals surface area contributed by atoms with Crippen LogP contribution < -0.4 is 16.5 Å². The van der Waals surface area contributed by atoms with E-state index in [2.05, 4.69) is 28.4 Å². The van der Waals surface area contributed by atoms with E-state index in [-0.39, 0.29) is 5.56 Å². The van der Waals surface area contributed by atoms with Crippen molar-refractivity contribution >= 4 is 30.7 Å². The van der Waals surface area contributed by atoms with Crippen molar-refractivity contribution in [3.8, 4) is 0 Å². The van der Waals surface area contributed by atoms with Gasteiger partial charge >= 0.3 is 0 Å². The average Bonchev–Trinajstić information content (AvgIpc) is 2.95. The fraction of sp³-hybridized carbons (Fsp3) is 0.125. The number of nitrogens with two attached hydrogens (primary N) is 1. The molecule has 1 aliphatic heterocycles. The van der Waals surface area contributed by atoms with Crippen molar-refractivity contribution in [2.24, 2.45) is 10.7 Å². The molecule has 0 saturated heterocycles. The summed E-state index contributed by atoms with van der Waals surface area (Å²) in [5.74, 6) is -0.545. The molecule has 1 aliphatic rings. The van der Waals surface area contributed by atoms with E-state index in [1.807, 2.05) is 24.3 Å². The summed E-state index contributed by atoms with van der Waals surface area (Å²) >= 11 is 4.18. The minimum absolute atomic E-state index is 0.0810. The number of thiol groups is 1. The first-order valence-corrected chi connectivity index (χ1v) is 7.66. The first-order valence-electron chi connectivity index (χ1n) is 7.21. The molecule has 0 aromatic heterocycles. The molecule has 0 fully saturated rings. The number of anilines is 1. The number of aliphatic imine (C=N–C) groups is 1. The Morgan fingerprint density at radius 3 is 2.32 bits per heavy atom. The molecule has 0 spiro atoms. The van der Waals surface area contributed by atoms with Crippen LogP contribution in [0.25, 0.3) is 0 Å². The van der Waals surface area contributed by atoms with Gasteiger partial charge in [0.2, 0.25) is 12.4 Å². The summed E-state index contributed by atoms with van der Waals surface area (Å²) in [6, 6.07) is 11.2. The molecule has 132 valence electrons. The number of hydrogen-bond donors (Lipinski definition) is 4. The summed E-state index contributed by atoms with van der Waals surface area (Å²) in [6.45, 7) is 1.41. The van der Waals surface area contributed by atoms with Crippen LogP contribution in [-0.2, 0) is 4.79 Å². The van der Waals surface area contributed by atoms with Gasteiger partial charge in [-0.3, -0.25) is 16.0 Å². The molecule has 1 atom stereocenters. The molecule has 0 bridgehead atoms. The smallest absolute Gasteiger partial charge is 0.231 e. The fourth-order valence-electron chi connectivity index (χ4n) is 1.82.